The standard InChI is InChI=1S/C17H22N2/c18-19-17(11-13-5-1-2-6-13)16-10-9-14-7-3-4-8-15(14)12-16/h3-4,7-10,12-13,17,19H,1-2,5-6,11,18H2. The van der Waals surface area contributed by atoms with Crippen molar-refractivity contribution in [2.45, 2.75) is 38.1 Å². The maximum Gasteiger partial charge on any atom is 0.0462 e. The van der Waals surface area contributed by atoms with Crippen molar-refractivity contribution in [1.82, 2.24) is 5.43 Å². The minimum atomic E-state index is 0.285. The summed E-state index contributed by atoms with van der Waals surface area (Å²) in [6, 6.07) is 15.5. The Balaban J connectivity index is 1.83. The molecule has 2 nitrogen and oxygen atoms in total. The molecule has 1 saturated carbocycles. The van der Waals surface area contributed by atoms with Crippen LogP contribution in [0.4, 0.5) is 0 Å². The van der Waals surface area contributed by atoms with Crippen LogP contribution in [0.15, 0.2) is 42.5 Å². The first kappa shape index (κ1) is 12.6. The molecule has 2 heteroatoms. The first-order valence-corrected chi connectivity index (χ1v) is 7.31. The van der Waals surface area contributed by atoms with Crippen LogP contribution in [0.3, 0.4) is 0 Å². The van der Waals surface area contributed by atoms with E-state index in [2.05, 4.69) is 47.9 Å². The molecular weight excluding hydrogens is 232 g/mol. The van der Waals surface area contributed by atoms with Gasteiger partial charge in [0, 0.05) is 6.04 Å². The van der Waals surface area contributed by atoms with Crippen LogP contribution in [0.2, 0.25) is 0 Å². The smallest absolute Gasteiger partial charge is 0.0462 e. The Hall–Kier alpha value is -1.38. The molecule has 3 N–H and O–H groups in total. The molecule has 1 aliphatic carbocycles. The zero-order valence-corrected chi connectivity index (χ0v) is 11.3. The second-order valence-electron chi connectivity index (χ2n) is 5.71. The highest BCUT2D eigenvalue weighted by Crippen LogP contribution is 2.33. The summed E-state index contributed by atoms with van der Waals surface area (Å²) in [6.07, 6.45) is 6.67. The highest BCUT2D eigenvalue weighted by Gasteiger charge is 2.20. The predicted octanol–water partition coefficient (Wildman–Crippen LogP) is 3.92. The Labute approximate surface area is 115 Å². The zero-order valence-electron chi connectivity index (χ0n) is 11.3. The van der Waals surface area contributed by atoms with Crippen molar-refractivity contribution in [2.75, 3.05) is 0 Å². The summed E-state index contributed by atoms with van der Waals surface area (Å²) in [5.41, 5.74) is 4.32. The first-order valence-electron chi connectivity index (χ1n) is 7.31. The molecule has 1 aliphatic rings. The van der Waals surface area contributed by atoms with Gasteiger partial charge in [-0.05, 0) is 34.7 Å². The average molecular weight is 254 g/mol. The number of fused-ring (bicyclic) bond motifs is 1. The van der Waals surface area contributed by atoms with Gasteiger partial charge in [-0.3, -0.25) is 11.3 Å². The van der Waals surface area contributed by atoms with Crippen molar-refractivity contribution in [3.63, 3.8) is 0 Å². The predicted molar refractivity (Wildman–Crippen MR) is 80.6 cm³/mol. The number of nitrogens with two attached hydrogens (primary N) is 1. The van der Waals surface area contributed by atoms with Gasteiger partial charge < -0.3 is 0 Å². The number of rotatable bonds is 4. The van der Waals surface area contributed by atoms with E-state index in [0.29, 0.717) is 0 Å². The molecule has 0 spiro atoms. The highest BCUT2D eigenvalue weighted by atomic mass is 15.2. The molecule has 100 valence electrons. The van der Waals surface area contributed by atoms with E-state index < -0.39 is 0 Å². The molecule has 0 heterocycles. The SMILES string of the molecule is NNC(CC1CCCC1)c1ccc2ccccc2c1. The fourth-order valence-electron chi connectivity index (χ4n) is 3.30. The van der Waals surface area contributed by atoms with Crippen molar-refractivity contribution in [3.8, 4) is 0 Å². The second-order valence-corrected chi connectivity index (χ2v) is 5.71. The normalized spacial score (nSPS) is 17.9. The van der Waals surface area contributed by atoms with Gasteiger partial charge in [0.25, 0.3) is 0 Å². The maximum atomic E-state index is 5.78. The minimum Gasteiger partial charge on any atom is -0.271 e. The Morgan fingerprint density at radius 2 is 1.79 bits per heavy atom. The van der Waals surface area contributed by atoms with Crippen LogP contribution < -0.4 is 11.3 Å². The van der Waals surface area contributed by atoms with Crippen molar-refractivity contribution >= 4 is 10.8 Å². The van der Waals surface area contributed by atoms with Crippen molar-refractivity contribution < 1.29 is 0 Å². The van der Waals surface area contributed by atoms with Gasteiger partial charge in [-0.15, -0.1) is 0 Å². The molecule has 0 aromatic heterocycles. The first-order chi connectivity index (χ1) is 9.36. The quantitative estimate of drug-likeness (QED) is 0.641. The lowest BCUT2D eigenvalue weighted by molar-refractivity contribution is 0.400. The van der Waals surface area contributed by atoms with Gasteiger partial charge in [0.2, 0.25) is 0 Å². The number of nitrogens with one attached hydrogen (secondary N) is 1. The molecule has 0 aliphatic heterocycles. The molecule has 1 fully saturated rings. The van der Waals surface area contributed by atoms with Gasteiger partial charge in [-0.2, -0.15) is 0 Å². The zero-order chi connectivity index (χ0) is 13.1. The molecule has 2 aromatic carbocycles. The van der Waals surface area contributed by atoms with Crippen molar-refractivity contribution in [3.05, 3.63) is 48.0 Å². The van der Waals surface area contributed by atoms with Crippen LogP contribution in [0.5, 0.6) is 0 Å². The van der Waals surface area contributed by atoms with Gasteiger partial charge in [0.15, 0.2) is 0 Å². The Morgan fingerprint density at radius 1 is 1.05 bits per heavy atom. The number of benzene rings is 2. The van der Waals surface area contributed by atoms with Gasteiger partial charge in [-0.1, -0.05) is 62.1 Å². The minimum absolute atomic E-state index is 0.285. The van der Waals surface area contributed by atoms with Crippen LogP contribution in [0, 0.1) is 5.92 Å². The van der Waals surface area contributed by atoms with E-state index in [1.807, 2.05) is 0 Å². The van der Waals surface area contributed by atoms with E-state index in [4.69, 9.17) is 5.84 Å². The second kappa shape index (κ2) is 5.72. The van der Waals surface area contributed by atoms with E-state index in [1.165, 1.54) is 42.0 Å². The number of hydrogen-bond donors (Lipinski definition) is 2. The van der Waals surface area contributed by atoms with E-state index in [9.17, 15) is 0 Å². The lowest BCUT2D eigenvalue weighted by atomic mass is 9.93. The van der Waals surface area contributed by atoms with Crippen LogP contribution in [0.25, 0.3) is 10.8 Å². The average Bonchev–Trinajstić information content (AvgIpc) is 2.97. The lowest BCUT2D eigenvalue weighted by Crippen LogP contribution is -2.29. The molecule has 0 bridgehead atoms. The van der Waals surface area contributed by atoms with E-state index in [-0.39, 0.29) is 6.04 Å². The van der Waals surface area contributed by atoms with Gasteiger partial charge in [0.05, 0.1) is 0 Å². The Kier molecular flexibility index (Phi) is 3.81. The fourth-order valence-corrected chi connectivity index (χ4v) is 3.30. The molecule has 2 aromatic rings. The van der Waals surface area contributed by atoms with Crippen LogP contribution in [-0.2, 0) is 0 Å². The summed E-state index contributed by atoms with van der Waals surface area (Å²) in [5, 5.41) is 2.59. The third-order valence-corrected chi connectivity index (χ3v) is 4.42. The lowest BCUT2D eigenvalue weighted by Gasteiger charge is -2.20. The third-order valence-electron chi connectivity index (χ3n) is 4.42. The molecule has 0 saturated heterocycles. The molecular formula is C17H22N2. The summed E-state index contributed by atoms with van der Waals surface area (Å²) in [4.78, 5) is 0. The summed E-state index contributed by atoms with van der Waals surface area (Å²) < 4.78 is 0. The van der Waals surface area contributed by atoms with Gasteiger partial charge in [0.1, 0.15) is 0 Å². The van der Waals surface area contributed by atoms with E-state index in [0.717, 1.165) is 12.3 Å². The van der Waals surface area contributed by atoms with Gasteiger partial charge in [-0.25, -0.2) is 0 Å². The fraction of sp³-hybridized carbons (Fsp3) is 0.412. The Bertz CT molecular complexity index is 544. The molecule has 1 unspecified atom stereocenters. The third kappa shape index (κ3) is 2.80. The van der Waals surface area contributed by atoms with E-state index >= 15 is 0 Å². The Morgan fingerprint density at radius 3 is 2.53 bits per heavy atom. The highest BCUT2D eigenvalue weighted by molar-refractivity contribution is 5.83. The molecule has 3 rings (SSSR count). The molecule has 1 atom stereocenters. The number of hydrazine groups is 1. The maximum absolute atomic E-state index is 5.78. The van der Waals surface area contributed by atoms with Crippen LogP contribution >= 0.6 is 0 Å². The van der Waals surface area contributed by atoms with E-state index in [1.54, 1.807) is 0 Å². The summed E-state index contributed by atoms with van der Waals surface area (Å²) in [7, 11) is 0. The summed E-state index contributed by atoms with van der Waals surface area (Å²) in [6.45, 7) is 0. The molecule has 0 radical (unpaired) electrons. The van der Waals surface area contributed by atoms with Crippen molar-refractivity contribution in [1.29, 1.82) is 0 Å². The summed E-state index contributed by atoms with van der Waals surface area (Å²) >= 11 is 0. The number of hydrogen-bond acceptors (Lipinski definition) is 2. The van der Waals surface area contributed by atoms with Crippen LogP contribution in [-0.4, -0.2) is 0 Å². The molecule has 19 heavy (non-hydrogen) atoms. The molecule has 0 amide bonds. The van der Waals surface area contributed by atoms with Crippen LogP contribution in [0.1, 0.15) is 43.7 Å². The largest absolute Gasteiger partial charge is 0.271 e. The topological polar surface area (TPSA) is 38.0 Å². The van der Waals surface area contributed by atoms with Gasteiger partial charge >= 0.3 is 0 Å². The monoisotopic (exact) mass is 254 g/mol. The van der Waals surface area contributed by atoms with Crippen molar-refractivity contribution in [2.24, 2.45) is 11.8 Å². The summed E-state index contributed by atoms with van der Waals surface area (Å²) in [5.74, 6) is 6.62.